The zero-order valence-electron chi connectivity index (χ0n) is 8.24. The fourth-order valence-electron chi connectivity index (χ4n) is 1.26. The van der Waals surface area contributed by atoms with Crippen LogP contribution in [0.5, 0.6) is 0 Å². The van der Waals surface area contributed by atoms with E-state index in [0.29, 0.717) is 5.56 Å². The third-order valence-corrected chi connectivity index (χ3v) is 2.18. The molecule has 0 amide bonds. The molecule has 0 unspecified atom stereocenters. The SMILES string of the molecule is Cc1ccc(-c2cnc(N)nc2)cc1F. The van der Waals surface area contributed by atoms with Crippen LogP contribution in [-0.4, -0.2) is 9.97 Å². The lowest BCUT2D eigenvalue weighted by Gasteiger charge is -2.02. The lowest BCUT2D eigenvalue weighted by Crippen LogP contribution is -1.94. The Bertz CT molecular complexity index is 480. The molecule has 0 spiro atoms. The number of nitrogens with two attached hydrogens (primary N) is 1. The fourth-order valence-corrected chi connectivity index (χ4v) is 1.26. The highest BCUT2D eigenvalue weighted by molar-refractivity contribution is 5.62. The summed E-state index contributed by atoms with van der Waals surface area (Å²) in [5, 5.41) is 0. The Hall–Kier alpha value is -1.97. The van der Waals surface area contributed by atoms with Gasteiger partial charge in [-0.15, -0.1) is 0 Å². The molecule has 0 bridgehead atoms. The summed E-state index contributed by atoms with van der Waals surface area (Å²) < 4.78 is 13.3. The van der Waals surface area contributed by atoms with E-state index in [0.717, 1.165) is 11.1 Å². The predicted octanol–water partition coefficient (Wildman–Crippen LogP) is 2.17. The van der Waals surface area contributed by atoms with Gasteiger partial charge in [0.1, 0.15) is 5.82 Å². The van der Waals surface area contributed by atoms with Gasteiger partial charge in [0.15, 0.2) is 0 Å². The maximum Gasteiger partial charge on any atom is 0.219 e. The van der Waals surface area contributed by atoms with E-state index in [-0.39, 0.29) is 11.8 Å². The van der Waals surface area contributed by atoms with Crippen LogP contribution in [0.2, 0.25) is 0 Å². The number of nitrogens with zero attached hydrogens (tertiary/aromatic N) is 2. The average molecular weight is 203 g/mol. The average Bonchev–Trinajstić information content (AvgIpc) is 2.23. The molecule has 0 atom stereocenters. The molecule has 2 aromatic rings. The van der Waals surface area contributed by atoms with E-state index in [2.05, 4.69) is 9.97 Å². The van der Waals surface area contributed by atoms with Crippen molar-refractivity contribution in [2.75, 3.05) is 5.73 Å². The minimum atomic E-state index is -0.232. The largest absolute Gasteiger partial charge is 0.368 e. The molecule has 0 fully saturated rings. The molecule has 76 valence electrons. The zero-order chi connectivity index (χ0) is 10.8. The van der Waals surface area contributed by atoms with Crippen LogP contribution >= 0.6 is 0 Å². The Morgan fingerprint density at radius 3 is 2.40 bits per heavy atom. The molecule has 0 aliphatic carbocycles. The summed E-state index contributed by atoms with van der Waals surface area (Å²) in [6.45, 7) is 1.72. The van der Waals surface area contributed by atoms with Crippen LogP contribution in [0.1, 0.15) is 5.56 Å². The molecule has 0 aliphatic rings. The lowest BCUT2D eigenvalue weighted by atomic mass is 10.1. The van der Waals surface area contributed by atoms with Crippen molar-refractivity contribution in [3.05, 3.63) is 42.0 Å². The van der Waals surface area contributed by atoms with Crippen molar-refractivity contribution in [1.82, 2.24) is 9.97 Å². The Labute approximate surface area is 86.8 Å². The number of halogens is 1. The van der Waals surface area contributed by atoms with E-state index in [1.165, 1.54) is 6.07 Å². The molecule has 1 heterocycles. The standard InChI is InChI=1S/C11H10FN3/c1-7-2-3-8(4-10(7)12)9-5-14-11(13)15-6-9/h2-6H,1H3,(H2,13,14,15). The Morgan fingerprint density at radius 2 is 1.80 bits per heavy atom. The van der Waals surface area contributed by atoms with E-state index in [9.17, 15) is 4.39 Å². The van der Waals surface area contributed by atoms with Crippen molar-refractivity contribution >= 4 is 5.95 Å². The summed E-state index contributed by atoms with van der Waals surface area (Å²) >= 11 is 0. The lowest BCUT2D eigenvalue weighted by molar-refractivity contribution is 0.619. The fraction of sp³-hybridized carbons (Fsp3) is 0.0909. The van der Waals surface area contributed by atoms with E-state index in [1.54, 1.807) is 25.4 Å². The maximum absolute atomic E-state index is 13.3. The minimum Gasteiger partial charge on any atom is -0.368 e. The van der Waals surface area contributed by atoms with Gasteiger partial charge in [0, 0.05) is 18.0 Å². The van der Waals surface area contributed by atoms with Crippen molar-refractivity contribution in [1.29, 1.82) is 0 Å². The van der Waals surface area contributed by atoms with Gasteiger partial charge in [0.25, 0.3) is 0 Å². The molecule has 15 heavy (non-hydrogen) atoms. The maximum atomic E-state index is 13.3. The summed E-state index contributed by atoms with van der Waals surface area (Å²) in [6, 6.07) is 5.01. The highest BCUT2D eigenvalue weighted by Crippen LogP contribution is 2.20. The smallest absolute Gasteiger partial charge is 0.219 e. The molecule has 3 nitrogen and oxygen atoms in total. The molecular formula is C11H10FN3. The second-order valence-corrected chi connectivity index (χ2v) is 3.29. The van der Waals surface area contributed by atoms with Gasteiger partial charge in [0.05, 0.1) is 0 Å². The van der Waals surface area contributed by atoms with Crippen LogP contribution in [0.25, 0.3) is 11.1 Å². The number of benzene rings is 1. The molecule has 2 N–H and O–H groups in total. The Balaban J connectivity index is 2.45. The summed E-state index contributed by atoms with van der Waals surface area (Å²) in [6.07, 6.45) is 3.15. The number of aryl methyl sites for hydroxylation is 1. The first-order valence-corrected chi connectivity index (χ1v) is 4.51. The van der Waals surface area contributed by atoms with E-state index >= 15 is 0 Å². The molecule has 2 rings (SSSR count). The number of rotatable bonds is 1. The van der Waals surface area contributed by atoms with Crippen LogP contribution < -0.4 is 5.73 Å². The first kappa shape index (κ1) is 9.58. The van der Waals surface area contributed by atoms with Crippen LogP contribution in [0, 0.1) is 12.7 Å². The van der Waals surface area contributed by atoms with Gasteiger partial charge in [-0.1, -0.05) is 12.1 Å². The van der Waals surface area contributed by atoms with Crippen LogP contribution in [0.4, 0.5) is 10.3 Å². The van der Waals surface area contributed by atoms with E-state index in [1.807, 2.05) is 6.07 Å². The number of nitrogen functional groups attached to an aromatic ring is 1. The third-order valence-electron chi connectivity index (χ3n) is 2.18. The first-order valence-electron chi connectivity index (χ1n) is 4.51. The predicted molar refractivity (Wildman–Crippen MR) is 56.6 cm³/mol. The third kappa shape index (κ3) is 1.93. The molecule has 0 aliphatic heterocycles. The topological polar surface area (TPSA) is 51.8 Å². The van der Waals surface area contributed by atoms with Gasteiger partial charge in [-0.3, -0.25) is 0 Å². The molecule has 1 aromatic heterocycles. The van der Waals surface area contributed by atoms with Crippen molar-refractivity contribution in [3.63, 3.8) is 0 Å². The van der Waals surface area contributed by atoms with Crippen LogP contribution in [0.3, 0.4) is 0 Å². The number of hydrogen-bond acceptors (Lipinski definition) is 3. The van der Waals surface area contributed by atoms with Crippen LogP contribution in [-0.2, 0) is 0 Å². The molecule has 0 saturated carbocycles. The number of hydrogen-bond donors (Lipinski definition) is 1. The Morgan fingerprint density at radius 1 is 1.13 bits per heavy atom. The Kier molecular flexibility index (Phi) is 2.33. The van der Waals surface area contributed by atoms with Gasteiger partial charge in [-0.05, 0) is 24.1 Å². The first-order chi connectivity index (χ1) is 7.16. The molecule has 1 aromatic carbocycles. The second-order valence-electron chi connectivity index (χ2n) is 3.29. The number of aromatic nitrogens is 2. The molecule has 0 radical (unpaired) electrons. The quantitative estimate of drug-likeness (QED) is 0.772. The van der Waals surface area contributed by atoms with Crippen LogP contribution in [0.15, 0.2) is 30.6 Å². The molecule has 0 saturated heterocycles. The highest BCUT2D eigenvalue weighted by Gasteiger charge is 2.02. The normalized spacial score (nSPS) is 10.3. The van der Waals surface area contributed by atoms with Gasteiger partial charge < -0.3 is 5.73 Å². The van der Waals surface area contributed by atoms with Crippen molar-refractivity contribution in [3.8, 4) is 11.1 Å². The van der Waals surface area contributed by atoms with Gasteiger partial charge in [-0.25, -0.2) is 14.4 Å². The second kappa shape index (κ2) is 3.65. The highest BCUT2D eigenvalue weighted by atomic mass is 19.1. The van der Waals surface area contributed by atoms with Crippen molar-refractivity contribution in [2.45, 2.75) is 6.92 Å². The minimum absolute atomic E-state index is 0.214. The summed E-state index contributed by atoms with van der Waals surface area (Å²) in [5.74, 6) is -0.0179. The van der Waals surface area contributed by atoms with E-state index < -0.39 is 0 Å². The van der Waals surface area contributed by atoms with E-state index in [4.69, 9.17) is 5.73 Å². The molecule has 4 heteroatoms. The monoisotopic (exact) mass is 203 g/mol. The summed E-state index contributed by atoms with van der Waals surface area (Å²) in [7, 11) is 0. The van der Waals surface area contributed by atoms with Gasteiger partial charge in [-0.2, -0.15) is 0 Å². The van der Waals surface area contributed by atoms with Crippen molar-refractivity contribution in [2.24, 2.45) is 0 Å². The van der Waals surface area contributed by atoms with Crippen molar-refractivity contribution < 1.29 is 4.39 Å². The molecular weight excluding hydrogens is 193 g/mol. The van der Waals surface area contributed by atoms with Gasteiger partial charge >= 0.3 is 0 Å². The zero-order valence-corrected chi connectivity index (χ0v) is 8.24. The summed E-state index contributed by atoms with van der Waals surface area (Å²) in [5.41, 5.74) is 7.48. The van der Waals surface area contributed by atoms with Gasteiger partial charge in [0.2, 0.25) is 5.95 Å². The number of anilines is 1. The summed E-state index contributed by atoms with van der Waals surface area (Å²) in [4.78, 5) is 7.70.